The zero-order chi connectivity index (χ0) is 20.0. The summed E-state index contributed by atoms with van der Waals surface area (Å²) in [5.41, 5.74) is 0.326. The van der Waals surface area contributed by atoms with Crippen molar-refractivity contribution in [2.45, 2.75) is 25.1 Å². The van der Waals surface area contributed by atoms with Crippen molar-refractivity contribution in [1.82, 2.24) is 0 Å². The summed E-state index contributed by atoms with van der Waals surface area (Å²) in [4.78, 5) is 13.6. The van der Waals surface area contributed by atoms with E-state index in [-0.39, 0.29) is 0 Å². The molecule has 0 atom stereocenters. The Balaban J connectivity index is 2.23. The van der Waals surface area contributed by atoms with Crippen molar-refractivity contribution in [3.05, 3.63) is 107 Å². The van der Waals surface area contributed by atoms with Crippen molar-refractivity contribution in [1.29, 1.82) is 0 Å². The Morgan fingerprint density at radius 3 is 1.64 bits per heavy atom. The summed E-state index contributed by atoms with van der Waals surface area (Å²) >= 11 is 0. The molecular weight excluding hydrogens is 362 g/mol. The van der Waals surface area contributed by atoms with Gasteiger partial charge in [-0.15, -0.1) is 0 Å². The lowest BCUT2D eigenvalue weighted by molar-refractivity contribution is -0.137. The van der Waals surface area contributed by atoms with Crippen LogP contribution in [0.25, 0.3) is 4.51 Å². The van der Waals surface area contributed by atoms with Crippen LogP contribution in [0.3, 0.4) is 0 Å². The zero-order valence-corrected chi connectivity index (χ0v) is 17.4. The first-order valence-corrected chi connectivity index (χ1v) is 12.7. The number of esters is 1. The number of para-hydroxylation sites is 1. The third-order valence-electron chi connectivity index (χ3n) is 4.23. The molecule has 0 aromatic heterocycles. The molecule has 0 heterocycles. The van der Waals surface area contributed by atoms with Crippen molar-refractivity contribution in [3.8, 4) is 11.8 Å². The van der Waals surface area contributed by atoms with Gasteiger partial charge >= 0.3 is 14.2 Å². The Bertz CT molecular complexity index is 945. The van der Waals surface area contributed by atoms with Gasteiger partial charge in [-0.25, -0.2) is 4.79 Å². The number of hydrogen-bond acceptors (Lipinski definition) is 2. The molecule has 28 heavy (non-hydrogen) atoms. The van der Waals surface area contributed by atoms with Crippen molar-refractivity contribution in [2.24, 2.45) is 0 Å². The number of ether oxygens (including phenoxy) is 1. The molecule has 3 nitrogen and oxygen atoms in total. The fourth-order valence-corrected chi connectivity index (χ4v) is 3.38. The van der Waals surface area contributed by atoms with Crippen molar-refractivity contribution >= 4 is 14.2 Å². The van der Waals surface area contributed by atoms with E-state index in [2.05, 4.69) is 25.7 Å². The lowest BCUT2D eigenvalue weighted by Gasteiger charge is -2.23. The first kappa shape index (κ1) is 19.6. The summed E-state index contributed by atoms with van der Waals surface area (Å²) < 4.78 is 10.5. The van der Waals surface area contributed by atoms with Crippen LogP contribution in [0, 0.1) is 6.07 Å². The Hall–Kier alpha value is -3.16. The SMILES string of the molecule is C[Si](C)(C)[N+]#CC(C(=O)Oc1ccccc1)(c1ccccc1)c1ccccc1. The number of rotatable bonds is 4. The van der Waals surface area contributed by atoms with Gasteiger partial charge in [0.2, 0.25) is 5.41 Å². The smallest absolute Gasteiger partial charge is 0.425 e. The summed E-state index contributed by atoms with van der Waals surface area (Å²) in [6.07, 6.45) is 0. The van der Waals surface area contributed by atoms with E-state index in [4.69, 9.17) is 9.25 Å². The second-order valence-electron chi connectivity index (χ2n) is 7.58. The average Bonchev–Trinajstić information content (AvgIpc) is 2.70. The number of hydrogen-bond donors (Lipinski definition) is 0. The molecule has 0 aliphatic carbocycles. The highest BCUT2D eigenvalue weighted by Crippen LogP contribution is 2.34. The molecule has 0 unspecified atom stereocenters. The molecule has 0 aliphatic heterocycles. The second-order valence-corrected chi connectivity index (χ2v) is 12.1. The third kappa shape index (κ3) is 4.38. The number of nitrogens with zero attached hydrogens (tertiary/aromatic N) is 1. The van der Waals surface area contributed by atoms with E-state index < -0.39 is 19.6 Å². The summed E-state index contributed by atoms with van der Waals surface area (Å²) in [5, 5.41) is 0. The van der Waals surface area contributed by atoms with Crippen LogP contribution in [-0.2, 0) is 10.2 Å². The van der Waals surface area contributed by atoms with Crippen molar-refractivity contribution in [3.63, 3.8) is 0 Å². The van der Waals surface area contributed by atoms with Crippen molar-refractivity contribution < 1.29 is 9.53 Å². The van der Waals surface area contributed by atoms with Gasteiger partial charge in [0.25, 0.3) is 6.07 Å². The van der Waals surface area contributed by atoms with Crippen LogP contribution < -0.4 is 4.74 Å². The predicted octanol–water partition coefficient (Wildman–Crippen LogP) is 5.75. The molecule has 140 valence electrons. The molecule has 0 N–H and O–H groups in total. The highest BCUT2D eigenvalue weighted by molar-refractivity contribution is 6.79. The lowest BCUT2D eigenvalue weighted by Crippen LogP contribution is -2.39. The van der Waals surface area contributed by atoms with Crippen LogP contribution in [0.1, 0.15) is 11.1 Å². The molecule has 0 amide bonds. The molecule has 0 fully saturated rings. The zero-order valence-electron chi connectivity index (χ0n) is 16.4. The molecule has 0 saturated carbocycles. The number of carbonyl (C=O) groups is 1. The summed E-state index contributed by atoms with van der Waals surface area (Å²) in [5.74, 6) is 0.0802. The van der Waals surface area contributed by atoms with Gasteiger partial charge in [0, 0.05) is 19.6 Å². The van der Waals surface area contributed by atoms with E-state index in [0.29, 0.717) is 5.75 Å². The van der Waals surface area contributed by atoms with Gasteiger partial charge in [0.15, 0.2) is 0 Å². The molecule has 0 spiro atoms. The highest BCUT2D eigenvalue weighted by atomic mass is 28.3. The Kier molecular flexibility index (Phi) is 5.77. The molecule has 4 heteroatoms. The standard InChI is InChI=1S/C24H24NO2Si/c1-28(2,3)25-19-24(20-13-7-4-8-14-20,21-15-9-5-10-16-21)23(26)27-22-17-11-6-12-18-22/h4-18H,1-3H3/q+1. The maximum Gasteiger partial charge on any atom is 0.499 e. The quantitative estimate of drug-likeness (QED) is 0.325. The minimum Gasteiger partial charge on any atom is -0.425 e. The normalized spacial score (nSPS) is 11.2. The van der Waals surface area contributed by atoms with Crippen LogP contribution in [0.2, 0.25) is 19.6 Å². The first-order valence-electron chi connectivity index (χ1n) is 9.29. The largest absolute Gasteiger partial charge is 0.499 e. The van der Waals surface area contributed by atoms with Gasteiger partial charge in [-0.3, -0.25) is 0 Å². The van der Waals surface area contributed by atoms with Crippen LogP contribution in [0.5, 0.6) is 5.75 Å². The fourth-order valence-electron chi connectivity index (χ4n) is 2.88. The molecule has 3 aromatic rings. The van der Waals surface area contributed by atoms with Crippen LogP contribution in [-0.4, -0.2) is 14.2 Å². The Labute approximate surface area is 167 Å². The van der Waals surface area contributed by atoms with Crippen LogP contribution >= 0.6 is 0 Å². The van der Waals surface area contributed by atoms with E-state index in [0.717, 1.165) is 11.1 Å². The van der Waals surface area contributed by atoms with Crippen LogP contribution in [0.15, 0.2) is 91.0 Å². The number of benzene rings is 3. The maximum absolute atomic E-state index is 13.6. The fraction of sp³-hybridized carbons (Fsp3) is 0.167. The summed E-state index contributed by atoms with van der Waals surface area (Å²) in [7, 11) is -1.86. The molecule has 3 aromatic carbocycles. The van der Waals surface area contributed by atoms with E-state index >= 15 is 0 Å². The molecule has 3 rings (SSSR count). The van der Waals surface area contributed by atoms with Crippen molar-refractivity contribution in [2.75, 3.05) is 0 Å². The molecule has 0 aliphatic rings. The summed E-state index contributed by atoms with van der Waals surface area (Å²) in [6.45, 7) is 6.34. The lowest BCUT2D eigenvalue weighted by atomic mass is 9.75. The minimum absolute atomic E-state index is 0.418. The van der Waals surface area contributed by atoms with E-state index in [1.807, 2.05) is 78.9 Å². The van der Waals surface area contributed by atoms with E-state index in [1.54, 1.807) is 12.1 Å². The molecule has 0 saturated heterocycles. The van der Waals surface area contributed by atoms with E-state index in [9.17, 15) is 4.79 Å². The molecule has 0 bridgehead atoms. The van der Waals surface area contributed by atoms with Gasteiger partial charge < -0.3 is 4.74 Å². The monoisotopic (exact) mass is 386 g/mol. The second kappa shape index (κ2) is 8.24. The number of carbonyl (C=O) groups excluding carboxylic acids is 1. The van der Waals surface area contributed by atoms with Gasteiger partial charge in [0.1, 0.15) is 5.75 Å². The first-order chi connectivity index (χ1) is 13.4. The highest BCUT2D eigenvalue weighted by Gasteiger charge is 2.49. The van der Waals surface area contributed by atoms with Gasteiger partial charge in [0.05, 0.1) is 0 Å². The van der Waals surface area contributed by atoms with E-state index in [1.165, 1.54) is 0 Å². The van der Waals surface area contributed by atoms with Crippen LogP contribution in [0.4, 0.5) is 0 Å². The molecule has 0 radical (unpaired) electrons. The topological polar surface area (TPSA) is 30.7 Å². The third-order valence-corrected chi connectivity index (χ3v) is 5.02. The van der Waals surface area contributed by atoms with Gasteiger partial charge in [-0.2, -0.15) is 4.51 Å². The summed E-state index contributed by atoms with van der Waals surface area (Å²) in [6, 6.07) is 31.6. The van der Waals surface area contributed by atoms with Gasteiger partial charge in [-0.05, 0) is 23.3 Å². The molecular formula is C24H24NO2Si+. The van der Waals surface area contributed by atoms with Gasteiger partial charge in [-0.1, -0.05) is 78.9 Å². The maximum atomic E-state index is 13.6. The Morgan fingerprint density at radius 2 is 1.21 bits per heavy atom. The predicted molar refractivity (Wildman–Crippen MR) is 116 cm³/mol. The minimum atomic E-state index is -1.86. The average molecular weight is 387 g/mol. The Morgan fingerprint density at radius 1 is 0.786 bits per heavy atom.